The van der Waals surface area contributed by atoms with Crippen molar-refractivity contribution >= 4 is 15.9 Å². The molecule has 1 aromatic rings. The lowest BCUT2D eigenvalue weighted by Gasteiger charge is -2.08. The molecule has 0 saturated carbocycles. The highest BCUT2D eigenvalue weighted by molar-refractivity contribution is 7.89. The second kappa shape index (κ2) is 7.43. The number of benzene rings is 1. The summed E-state index contributed by atoms with van der Waals surface area (Å²) in [5.41, 5.74) is 0. The van der Waals surface area contributed by atoms with Crippen molar-refractivity contribution in [1.29, 1.82) is 0 Å². The van der Waals surface area contributed by atoms with Crippen LogP contribution in [0.3, 0.4) is 0 Å². The van der Waals surface area contributed by atoms with E-state index in [2.05, 4.69) is 10.0 Å². The van der Waals surface area contributed by atoms with E-state index in [-0.39, 0.29) is 18.2 Å². The SMILES string of the molecule is COCCCNC(=O)CNS(=O)(=O)c1ccc2c(c1)OCO2. The van der Waals surface area contributed by atoms with Crippen LogP contribution < -0.4 is 19.5 Å². The van der Waals surface area contributed by atoms with E-state index in [1.807, 2.05) is 0 Å². The smallest absolute Gasteiger partial charge is 0.241 e. The molecule has 2 N–H and O–H groups in total. The van der Waals surface area contributed by atoms with Crippen molar-refractivity contribution in [3.8, 4) is 11.5 Å². The minimum absolute atomic E-state index is 0.0175. The lowest BCUT2D eigenvalue weighted by Crippen LogP contribution is -2.37. The van der Waals surface area contributed by atoms with E-state index in [0.717, 1.165) is 0 Å². The molecule has 9 heteroatoms. The summed E-state index contributed by atoms with van der Waals surface area (Å²) in [4.78, 5) is 11.6. The van der Waals surface area contributed by atoms with Gasteiger partial charge in [-0.15, -0.1) is 0 Å². The minimum Gasteiger partial charge on any atom is -0.454 e. The van der Waals surface area contributed by atoms with Gasteiger partial charge in [0.05, 0.1) is 11.4 Å². The number of sulfonamides is 1. The molecule has 1 amide bonds. The summed E-state index contributed by atoms with van der Waals surface area (Å²) in [5, 5.41) is 2.59. The van der Waals surface area contributed by atoms with E-state index in [4.69, 9.17) is 14.2 Å². The highest BCUT2D eigenvalue weighted by Crippen LogP contribution is 2.33. The summed E-state index contributed by atoms with van der Waals surface area (Å²) in [6.07, 6.45) is 0.664. The molecule has 1 aliphatic rings. The van der Waals surface area contributed by atoms with Gasteiger partial charge in [-0.2, -0.15) is 0 Å². The van der Waals surface area contributed by atoms with Crippen LogP contribution in [0.15, 0.2) is 23.1 Å². The lowest BCUT2D eigenvalue weighted by atomic mass is 10.3. The van der Waals surface area contributed by atoms with Crippen molar-refractivity contribution < 1.29 is 27.4 Å². The number of ether oxygens (including phenoxy) is 3. The highest BCUT2D eigenvalue weighted by atomic mass is 32.2. The first-order chi connectivity index (χ1) is 10.5. The van der Waals surface area contributed by atoms with Crippen LogP contribution in [0.25, 0.3) is 0 Å². The Morgan fingerprint density at radius 2 is 2.09 bits per heavy atom. The van der Waals surface area contributed by atoms with Crippen LogP contribution in [0, 0.1) is 0 Å². The fraction of sp³-hybridized carbons (Fsp3) is 0.462. The average molecular weight is 330 g/mol. The molecule has 22 heavy (non-hydrogen) atoms. The van der Waals surface area contributed by atoms with Crippen molar-refractivity contribution in [2.45, 2.75) is 11.3 Å². The molecule has 2 rings (SSSR count). The van der Waals surface area contributed by atoms with Gasteiger partial charge in [0.25, 0.3) is 0 Å². The van der Waals surface area contributed by atoms with Gasteiger partial charge in [-0.1, -0.05) is 0 Å². The average Bonchev–Trinajstić information content (AvgIpc) is 2.97. The summed E-state index contributed by atoms with van der Waals surface area (Å²) in [6.45, 7) is 0.696. The highest BCUT2D eigenvalue weighted by Gasteiger charge is 2.20. The van der Waals surface area contributed by atoms with E-state index in [9.17, 15) is 13.2 Å². The summed E-state index contributed by atoms with van der Waals surface area (Å²) in [5.74, 6) is 0.460. The standard InChI is InChI=1S/C13H18N2O6S/c1-19-6-2-5-14-13(16)8-15-22(17,18)10-3-4-11-12(7-10)21-9-20-11/h3-4,7,15H,2,5-6,8-9H2,1H3,(H,14,16). The molecular formula is C13H18N2O6S. The maximum atomic E-state index is 12.1. The van der Waals surface area contributed by atoms with Gasteiger partial charge in [0, 0.05) is 26.3 Å². The lowest BCUT2D eigenvalue weighted by molar-refractivity contribution is -0.120. The molecule has 0 fully saturated rings. The molecule has 0 saturated heterocycles. The van der Waals surface area contributed by atoms with Crippen LogP contribution in [-0.2, 0) is 19.6 Å². The van der Waals surface area contributed by atoms with Crippen LogP contribution in [-0.4, -0.2) is 47.9 Å². The fourth-order valence-electron chi connectivity index (χ4n) is 1.79. The second-order valence-electron chi connectivity index (χ2n) is 4.54. The van der Waals surface area contributed by atoms with Gasteiger partial charge in [-0.25, -0.2) is 13.1 Å². The zero-order valence-electron chi connectivity index (χ0n) is 12.1. The molecule has 0 radical (unpaired) electrons. The molecule has 1 aliphatic heterocycles. The molecule has 122 valence electrons. The molecule has 0 atom stereocenters. The third kappa shape index (κ3) is 4.33. The van der Waals surface area contributed by atoms with E-state index in [0.29, 0.717) is 31.1 Å². The molecule has 0 aliphatic carbocycles. The van der Waals surface area contributed by atoms with Crippen molar-refractivity contribution in [2.24, 2.45) is 0 Å². The van der Waals surface area contributed by atoms with Gasteiger partial charge >= 0.3 is 0 Å². The normalized spacial score (nSPS) is 13.1. The first-order valence-corrected chi connectivity index (χ1v) is 8.16. The van der Waals surface area contributed by atoms with E-state index in [1.54, 1.807) is 7.11 Å². The summed E-state index contributed by atoms with van der Waals surface area (Å²) >= 11 is 0. The molecular weight excluding hydrogens is 312 g/mol. The number of amides is 1. The monoisotopic (exact) mass is 330 g/mol. The van der Waals surface area contributed by atoms with Gasteiger partial charge in [-0.3, -0.25) is 4.79 Å². The zero-order valence-corrected chi connectivity index (χ0v) is 12.9. The maximum absolute atomic E-state index is 12.1. The number of carbonyl (C=O) groups is 1. The number of carbonyl (C=O) groups excluding carboxylic acids is 1. The number of hydrogen-bond acceptors (Lipinski definition) is 6. The Morgan fingerprint density at radius 3 is 2.86 bits per heavy atom. The first kappa shape index (κ1) is 16.5. The van der Waals surface area contributed by atoms with Crippen LogP contribution in [0.4, 0.5) is 0 Å². The Hall–Kier alpha value is -1.84. The minimum atomic E-state index is -3.78. The van der Waals surface area contributed by atoms with E-state index < -0.39 is 15.9 Å². The van der Waals surface area contributed by atoms with Gasteiger partial charge < -0.3 is 19.5 Å². The quantitative estimate of drug-likeness (QED) is 0.643. The largest absolute Gasteiger partial charge is 0.454 e. The van der Waals surface area contributed by atoms with E-state index >= 15 is 0 Å². The van der Waals surface area contributed by atoms with Gasteiger partial charge in [0.1, 0.15) is 0 Å². The first-order valence-electron chi connectivity index (χ1n) is 6.68. The predicted molar refractivity (Wildman–Crippen MR) is 77.3 cm³/mol. The summed E-state index contributed by atoms with van der Waals surface area (Å²) < 4.78 is 41.5. The Bertz CT molecular complexity index is 631. The van der Waals surface area contributed by atoms with Gasteiger partial charge in [0.2, 0.25) is 22.7 Å². The molecule has 1 heterocycles. The van der Waals surface area contributed by atoms with Crippen LogP contribution in [0.1, 0.15) is 6.42 Å². The molecule has 1 aromatic carbocycles. The maximum Gasteiger partial charge on any atom is 0.241 e. The third-order valence-corrected chi connectivity index (χ3v) is 4.32. The molecule has 0 bridgehead atoms. The van der Waals surface area contributed by atoms with Gasteiger partial charge in [-0.05, 0) is 18.6 Å². The Kier molecular flexibility index (Phi) is 5.58. The number of methoxy groups -OCH3 is 1. The molecule has 8 nitrogen and oxygen atoms in total. The number of nitrogens with one attached hydrogen (secondary N) is 2. The van der Waals surface area contributed by atoms with Crippen molar-refractivity contribution in [2.75, 3.05) is 33.6 Å². The summed E-state index contributed by atoms with van der Waals surface area (Å²) in [7, 11) is -2.21. The van der Waals surface area contributed by atoms with Crippen LogP contribution >= 0.6 is 0 Å². The number of hydrogen-bond donors (Lipinski definition) is 2. The summed E-state index contributed by atoms with van der Waals surface area (Å²) in [6, 6.07) is 4.27. The van der Waals surface area contributed by atoms with Crippen molar-refractivity contribution in [3.05, 3.63) is 18.2 Å². The van der Waals surface area contributed by atoms with Gasteiger partial charge in [0.15, 0.2) is 11.5 Å². The second-order valence-corrected chi connectivity index (χ2v) is 6.30. The van der Waals surface area contributed by atoms with Crippen molar-refractivity contribution in [3.63, 3.8) is 0 Å². The van der Waals surface area contributed by atoms with Crippen LogP contribution in [0.5, 0.6) is 11.5 Å². The Labute approximate surface area is 128 Å². The number of rotatable bonds is 8. The third-order valence-electron chi connectivity index (χ3n) is 2.92. The molecule has 0 spiro atoms. The van der Waals surface area contributed by atoms with E-state index in [1.165, 1.54) is 18.2 Å². The fourth-order valence-corrected chi connectivity index (χ4v) is 2.79. The van der Waals surface area contributed by atoms with Crippen LogP contribution in [0.2, 0.25) is 0 Å². The topological polar surface area (TPSA) is 103 Å². The Morgan fingerprint density at radius 1 is 1.32 bits per heavy atom. The Balaban J connectivity index is 1.87. The number of fused-ring (bicyclic) bond motifs is 1. The molecule has 0 aromatic heterocycles. The predicted octanol–water partition coefficient (Wildman–Crippen LogP) is -0.154. The molecule has 0 unspecified atom stereocenters. The zero-order chi connectivity index (χ0) is 16.0. The van der Waals surface area contributed by atoms with Crippen molar-refractivity contribution in [1.82, 2.24) is 10.0 Å².